The predicted octanol–water partition coefficient (Wildman–Crippen LogP) is 2.44. The van der Waals surface area contributed by atoms with Crippen LogP contribution in [0.4, 0.5) is 10.6 Å². The van der Waals surface area contributed by atoms with Crippen molar-refractivity contribution in [2.45, 2.75) is 27.2 Å². The molecule has 2 aromatic rings. The molecule has 0 radical (unpaired) electrons. The number of aryl methyl sites for hydroxylation is 1. The third-order valence-electron chi connectivity index (χ3n) is 5.51. The van der Waals surface area contributed by atoms with Crippen molar-refractivity contribution in [3.8, 4) is 5.69 Å². The quantitative estimate of drug-likeness (QED) is 0.782. The molecule has 1 aromatic heterocycles. The summed E-state index contributed by atoms with van der Waals surface area (Å²) in [6, 6.07) is 7.66. The lowest BCUT2D eigenvalue weighted by atomic mass is 10.1. The van der Waals surface area contributed by atoms with Gasteiger partial charge in [-0.05, 0) is 38.8 Å². The van der Waals surface area contributed by atoms with Crippen molar-refractivity contribution >= 4 is 23.6 Å². The standard InChI is InChI=1S/C21H26N6O2/c1-4-24(5-2)18(28)14-26-20-16(19-22-11-8-12-25(19)21(26)29)13-23-27(20)17-10-7-6-9-15(17)3/h6-7,9-10,13H,4-5,8,11-12,14H2,1-3H3. The van der Waals surface area contributed by atoms with Gasteiger partial charge in [0.15, 0.2) is 5.82 Å². The van der Waals surface area contributed by atoms with Crippen LogP contribution in [0.25, 0.3) is 5.69 Å². The molecular formula is C21H26N6O2. The molecule has 4 rings (SSSR count). The number of fused-ring (bicyclic) bond motifs is 3. The molecule has 2 aliphatic rings. The van der Waals surface area contributed by atoms with Crippen molar-refractivity contribution in [1.82, 2.24) is 19.6 Å². The number of benzene rings is 1. The highest BCUT2D eigenvalue weighted by Crippen LogP contribution is 2.33. The Morgan fingerprint density at radius 3 is 2.69 bits per heavy atom. The molecule has 3 heterocycles. The molecule has 8 heteroatoms. The maximum Gasteiger partial charge on any atom is 0.331 e. The third kappa shape index (κ3) is 3.18. The van der Waals surface area contributed by atoms with Gasteiger partial charge in [-0.1, -0.05) is 18.2 Å². The van der Waals surface area contributed by atoms with Crippen LogP contribution in [0, 0.1) is 6.92 Å². The van der Waals surface area contributed by atoms with Gasteiger partial charge in [0, 0.05) is 26.2 Å². The van der Waals surface area contributed by atoms with Crippen molar-refractivity contribution in [3.05, 3.63) is 41.6 Å². The summed E-state index contributed by atoms with van der Waals surface area (Å²) in [5.41, 5.74) is 2.71. The molecule has 0 spiro atoms. The van der Waals surface area contributed by atoms with Crippen LogP contribution in [0.3, 0.4) is 0 Å². The molecule has 3 amide bonds. The number of urea groups is 1. The smallest absolute Gasteiger partial charge is 0.331 e. The van der Waals surface area contributed by atoms with Crippen molar-refractivity contribution in [2.24, 2.45) is 4.99 Å². The minimum atomic E-state index is -0.216. The second-order valence-electron chi connectivity index (χ2n) is 7.23. The lowest BCUT2D eigenvalue weighted by Crippen LogP contribution is -2.55. The summed E-state index contributed by atoms with van der Waals surface area (Å²) >= 11 is 0. The number of carbonyl (C=O) groups excluding carboxylic acids is 2. The Bertz CT molecular complexity index is 975. The normalized spacial score (nSPS) is 15.7. The van der Waals surface area contributed by atoms with Crippen LogP contribution in [0.1, 0.15) is 31.4 Å². The van der Waals surface area contributed by atoms with E-state index in [-0.39, 0.29) is 18.5 Å². The number of para-hydroxylation sites is 1. The largest absolute Gasteiger partial charge is 0.342 e. The van der Waals surface area contributed by atoms with Gasteiger partial charge < -0.3 is 4.90 Å². The van der Waals surface area contributed by atoms with Gasteiger partial charge in [-0.2, -0.15) is 5.10 Å². The van der Waals surface area contributed by atoms with Gasteiger partial charge in [0.25, 0.3) is 0 Å². The summed E-state index contributed by atoms with van der Waals surface area (Å²) in [5, 5.41) is 4.59. The lowest BCUT2D eigenvalue weighted by Gasteiger charge is -2.38. The Morgan fingerprint density at radius 1 is 1.21 bits per heavy atom. The first-order valence-corrected chi connectivity index (χ1v) is 10.1. The summed E-state index contributed by atoms with van der Waals surface area (Å²) in [6.07, 6.45) is 2.56. The van der Waals surface area contributed by atoms with E-state index >= 15 is 0 Å². The van der Waals surface area contributed by atoms with E-state index in [0.717, 1.165) is 23.2 Å². The van der Waals surface area contributed by atoms with E-state index in [2.05, 4.69) is 10.1 Å². The van der Waals surface area contributed by atoms with E-state index in [1.807, 2.05) is 45.0 Å². The third-order valence-corrected chi connectivity index (χ3v) is 5.51. The number of aromatic nitrogens is 2. The fourth-order valence-corrected chi connectivity index (χ4v) is 3.95. The summed E-state index contributed by atoms with van der Waals surface area (Å²) in [5.74, 6) is 1.19. The topological polar surface area (TPSA) is 74.0 Å². The Labute approximate surface area is 170 Å². The zero-order chi connectivity index (χ0) is 20.5. The van der Waals surface area contributed by atoms with Crippen LogP contribution in [0.15, 0.2) is 35.5 Å². The van der Waals surface area contributed by atoms with E-state index in [0.29, 0.717) is 37.8 Å². The first kappa shape index (κ1) is 19.2. The maximum absolute atomic E-state index is 13.4. The highest BCUT2D eigenvalue weighted by atomic mass is 16.2. The van der Waals surface area contributed by atoms with Gasteiger partial charge >= 0.3 is 6.03 Å². The highest BCUT2D eigenvalue weighted by Gasteiger charge is 2.40. The number of rotatable bonds is 5. The number of hydrogen-bond donors (Lipinski definition) is 0. The number of hydrogen-bond acceptors (Lipinski definition) is 4. The van der Waals surface area contributed by atoms with Gasteiger partial charge in [0.2, 0.25) is 5.91 Å². The predicted molar refractivity (Wildman–Crippen MR) is 112 cm³/mol. The monoisotopic (exact) mass is 394 g/mol. The molecule has 0 N–H and O–H groups in total. The van der Waals surface area contributed by atoms with Crippen LogP contribution in [0.5, 0.6) is 0 Å². The van der Waals surface area contributed by atoms with Crippen molar-refractivity contribution in [1.29, 1.82) is 0 Å². The van der Waals surface area contributed by atoms with Crippen molar-refractivity contribution in [2.75, 3.05) is 37.6 Å². The molecule has 29 heavy (non-hydrogen) atoms. The molecule has 0 atom stereocenters. The first-order valence-electron chi connectivity index (χ1n) is 10.1. The van der Waals surface area contributed by atoms with Gasteiger partial charge in [-0.15, -0.1) is 0 Å². The Morgan fingerprint density at radius 2 is 1.97 bits per heavy atom. The second-order valence-corrected chi connectivity index (χ2v) is 7.23. The van der Waals surface area contributed by atoms with Crippen LogP contribution in [-0.2, 0) is 4.79 Å². The average Bonchev–Trinajstić information content (AvgIpc) is 3.17. The van der Waals surface area contributed by atoms with Crippen LogP contribution >= 0.6 is 0 Å². The average molecular weight is 394 g/mol. The van der Waals surface area contributed by atoms with Crippen molar-refractivity contribution in [3.63, 3.8) is 0 Å². The number of aliphatic imine (C=N–C) groups is 1. The zero-order valence-corrected chi connectivity index (χ0v) is 17.1. The number of nitrogens with zero attached hydrogens (tertiary/aromatic N) is 6. The van der Waals surface area contributed by atoms with Gasteiger partial charge in [0.05, 0.1) is 17.4 Å². The summed E-state index contributed by atoms with van der Waals surface area (Å²) < 4.78 is 1.76. The van der Waals surface area contributed by atoms with Crippen LogP contribution in [-0.4, -0.2) is 70.1 Å². The molecule has 0 aliphatic carbocycles. The number of likely N-dealkylation sites (N-methyl/N-ethyl adjacent to an activating group) is 1. The molecular weight excluding hydrogens is 368 g/mol. The SMILES string of the molecule is CCN(CC)C(=O)CN1C(=O)N2CCCN=C2c2cnn(-c3ccccc3C)c21. The van der Waals surface area contributed by atoms with E-state index in [1.54, 1.807) is 25.6 Å². The van der Waals surface area contributed by atoms with E-state index in [9.17, 15) is 9.59 Å². The molecule has 1 aromatic carbocycles. The van der Waals surface area contributed by atoms with Gasteiger partial charge in [-0.3, -0.25) is 19.6 Å². The molecule has 8 nitrogen and oxygen atoms in total. The minimum Gasteiger partial charge on any atom is -0.342 e. The molecule has 0 saturated heterocycles. The molecule has 0 saturated carbocycles. The Hall–Kier alpha value is -3.16. The van der Waals surface area contributed by atoms with Crippen LogP contribution < -0.4 is 4.90 Å². The molecule has 0 unspecified atom stereocenters. The molecule has 0 fully saturated rings. The number of amides is 3. The minimum absolute atomic E-state index is 0.0190. The maximum atomic E-state index is 13.4. The number of anilines is 1. The zero-order valence-electron chi connectivity index (χ0n) is 17.1. The summed E-state index contributed by atoms with van der Waals surface area (Å²) in [4.78, 5) is 35.8. The fourth-order valence-electron chi connectivity index (χ4n) is 3.95. The highest BCUT2D eigenvalue weighted by molar-refractivity contribution is 6.19. The molecule has 2 aliphatic heterocycles. The summed E-state index contributed by atoms with van der Waals surface area (Å²) in [7, 11) is 0. The lowest BCUT2D eigenvalue weighted by molar-refractivity contribution is -0.129. The fraction of sp³-hybridized carbons (Fsp3) is 0.429. The Balaban J connectivity index is 1.84. The van der Waals surface area contributed by atoms with Crippen LogP contribution in [0.2, 0.25) is 0 Å². The summed E-state index contributed by atoms with van der Waals surface area (Å²) in [6.45, 7) is 8.37. The van der Waals surface area contributed by atoms with E-state index in [4.69, 9.17) is 0 Å². The number of amidine groups is 1. The van der Waals surface area contributed by atoms with Gasteiger partial charge in [-0.25, -0.2) is 9.48 Å². The molecule has 0 bridgehead atoms. The Kier molecular flexibility index (Phi) is 5.08. The van der Waals surface area contributed by atoms with E-state index < -0.39 is 0 Å². The second kappa shape index (κ2) is 7.69. The van der Waals surface area contributed by atoms with Crippen molar-refractivity contribution < 1.29 is 9.59 Å². The number of carbonyl (C=O) groups is 2. The van der Waals surface area contributed by atoms with Gasteiger partial charge in [0.1, 0.15) is 12.4 Å². The molecule has 152 valence electrons. The van der Waals surface area contributed by atoms with E-state index in [1.165, 1.54) is 0 Å². The first-order chi connectivity index (χ1) is 14.1.